The van der Waals surface area contributed by atoms with Crippen LogP contribution in [0, 0.1) is 0 Å². The summed E-state index contributed by atoms with van der Waals surface area (Å²) in [6.45, 7) is 3.10. The smallest absolute Gasteiger partial charge is 0.146 e. The average molecular weight is 148 g/mol. The third-order valence-corrected chi connectivity index (χ3v) is 1.20. The highest BCUT2D eigenvalue weighted by Crippen LogP contribution is 1.96. The third-order valence-electron chi connectivity index (χ3n) is 1.20. The second kappa shape index (κ2) is 6.99. The minimum Gasteiger partial charge on any atom is -0.385 e. The van der Waals surface area contributed by atoms with Gasteiger partial charge in [0.2, 0.25) is 0 Å². The van der Waals surface area contributed by atoms with Crippen LogP contribution in [0.15, 0.2) is 0 Å². The molecule has 0 bridgehead atoms. The predicted molar refractivity (Wildman–Crippen MR) is 38.9 cm³/mol. The van der Waals surface area contributed by atoms with E-state index in [-0.39, 0.29) is 6.10 Å². The first-order chi connectivity index (χ1) is 4.81. The second-order valence-electron chi connectivity index (χ2n) is 2.17. The van der Waals surface area contributed by atoms with E-state index in [0.29, 0.717) is 6.79 Å². The van der Waals surface area contributed by atoms with Gasteiger partial charge in [-0.3, -0.25) is 0 Å². The summed E-state index contributed by atoms with van der Waals surface area (Å²) in [4.78, 5) is 0. The molecule has 62 valence electrons. The van der Waals surface area contributed by atoms with Gasteiger partial charge in [0.25, 0.3) is 0 Å². The Morgan fingerprint density at radius 3 is 2.40 bits per heavy atom. The van der Waals surface area contributed by atoms with Gasteiger partial charge < -0.3 is 14.2 Å². The molecular weight excluding hydrogens is 132 g/mol. The Morgan fingerprint density at radius 1 is 1.20 bits per heavy atom. The quantitative estimate of drug-likeness (QED) is 0.526. The molecule has 3 nitrogen and oxygen atoms in total. The molecule has 0 spiro atoms. The van der Waals surface area contributed by atoms with Gasteiger partial charge in [-0.15, -0.1) is 0 Å². The van der Waals surface area contributed by atoms with Crippen LogP contribution in [0.25, 0.3) is 0 Å². The van der Waals surface area contributed by atoms with Gasteiger partial charge in [0, 0.05) is 20.8 Å². The number of methoxy groups -OCH3 is 2. The van der Waals surface area contributed by atoms with Crippen molar-refractivity contribution in [2.24, 2.45) is 0 Å². The minimum absolute atomic E-state index is 0.222. The maximum Gasteiger partial charge on any atom is 0.146 e. The summed E-state index contributed by atoms with van der Waals surface area (Å²) in [6.07, 6.45) is 1.14. The van der Waals surface area contributed by atoms with Crippen molar-refractivity contribution in [3.05, 3.63) is 0 Å². The predicted octanol–water partition coefficient (Wildman–Crippen LogP) is 1.03. The van der Waals surface area contributed by atoms with Crippen molar-refractivity contribution in [3.8, 4) is 0 Å². The van der Waals surface area contributed by atoms with Gasteiger partial charge in [-0.1, -0.05) is 0 Å². The topological polar surface area (TPSA) is 27.7 Å². The molecule has 0 aromatic heterocycles. The molecule has 0 saturated heterocycles. The summed E-state index contributed by atoms with van der Waals surface area (Å²) in [6, 6.07) is 0. The number of rotatable bonds is 6. The van der Waals surface area contributed by atoms with Crippen molar-refractivity contribution in [1.29, 1.82) is 0 Å². The van der Waals surface area contributed by atoms with E-state index in [2.05, 4.69) is 0 Å². The van der Waals surface area contributed by atoms with E-state index in [1.807, 2.05) is 6.92 Å². The third kappa shape index (κ3) is 6.01. The van der Waals surface area contributed by atoms with Crippen molar-refractivity contribution >= 4 is 0 Å². The normalized spacial score (nSPS) is 13.5. The van der Waals surface area contributed by atoms with E-state index >= 15 is 0 Å². The zero-order valence-electron chi connectivity index (χ0n) is 6.92. The molecule has 0 aliphatic carbocycles. The first kappa shape index (κ1) is 9.88. The van der Waals surface area contributed by atoms with Gasteiger partial charge in [-0.25, -0.2) is 0 Å². The Labute approximate surface area is 62.3 Å². The van der Waals surface area contributed by atoms with Crippen LogP contribution in [0.4, 0.5) is 0 Å². The van der Waals surface area contributed by atoms with Gasteiger partial charge in [0.1, 0.15) is 6.79 Å². The fourth-order valence-corrected chi connectivity index (χ4v) is 0.551. The van der Waals surface area contributed by atoms with E-state index in [4.69, 9.17) is 14.2 Å². The largest absolute Gasteiger partial charge is 0.385 e. The van der Waals surface area contributed by atoms with E-state index in [9.17, 15) is 0 Å². The fraction of sp³-hybridized carbons (Fsp3) is 1.00. The van der Waals surface area contributed by atoms with E-state index in [1.165, 1.54) is 0 Å². The van der Waals surface area contributed by atoms with Crippen LogP contribution >= 0.6 is 0 Å². The van der Waals surface area contributed by atoms with E-state index < -0.39 is 0 Å². The molecule has 0 fully saturated rings. The second-order valence-corrected chi connectivity index (χ2v) is 2.17. The summed E-state index contributed by atoms with van der Waals surface area (Å²) in [5.74, 6) is 0. The number of hydrogen-bond donors (Lipinski definition) is 0. The molecule has 10 heavy (non-hydrogen) atoms. The maximum absolute atomic E-state index is 5.19. The van der Waals surface area contributed by atoms with Gasteiger partial charge in [0.05, 0.1) is 6.10 Å². The standard InChI is InChI=1S/C7H16O3/c1-7(4-5-8-2)10-6-9-3/h7H,4-6H2,1-3H3. The van der Waals surface area contributed by atoms with Gasteiger partial charge in [0.15, 0.2) is 0 Å². The Balaban J connectivity index is 3.00. The monoisotopic (exact) mass is 148 g/mol. The van der Waals surface area contributed by atoms with Crippen LogP contribution in [0.1, 0.15) is 13.3 Å². The van der Waals surface area contributed by atoms with Crippen molar-refractivity contribution in [3.63, 3.8) is 0 Å². The lowest BCUT2D eigenvalue weighted by Gasteiger charge is -2.10. The van der Waals surface area contributed by atoms with Gasteiger partial charge in [-0.2, -0.15) is 0 Å². The Kier molecular flexibility index (Phi) is 6.91. The summed E-state index contributed by atoms with van der Waals surface area (Å²) >= 11 is 0. The molecule has 3 heteroatoms. The maximum atomic E-state index is 5.19. The van der Waals surface area contributed by atoms with Crippen molar-refractivity contribution in [2.75, 3.05) is 27.6 Å². The lowest BCUT2D eigenvalue weighted by Crippen LogP contribution is -2.12. The Bertz CT molecular complexity index is 57.9. The van der Waals surface area contributed by atoms with Crippen molar-refractivity contribution in [1.82, 2.24) is 0 Å². The summed E-state index contributed by atoms with van der Waals surface area (Å²) < 4.78 is 14.8. The highest BCUT2D eigenvalue weighted by molar-refractivity contribution is 4.46. The van der Waals surface area contributed by atoms with Crippen LogP contribution < -0.4 is 0 Å². The summed E-state index contributed by atoms with van der Waals surface area (Å²) in [5, 5.41) is 0. The molecule has 0 saturated carbocycles. The Hall–Kier alpha value is -0.120. The molecule has 1 atom stereocenters. The first-order valence-corrected chi connectivity index (χ1v) is 3.40. The van der Waals surface area contributed by atoms with Crippen molar-refractivity contribution in [2.45, 2.75) is 19.4 Å². The lowest BCUT2D eigenvalue weighted by atomic mass is 10.3. The highest BCUT2D eigenvalue weighted by atomic mass is 16.7. The minimum atomic E-state index is 0.222. The molecule has 1 unspecified atom stereocenters. The molecular formula is C7H16O3. The molecule has 0 aliphatic heterocycles. The molecule has 0 amide bonds. The average Bonchev–Trinajstić information content (AvgIpc) is 1.97. The van der Waals surface area contributed by atoms with Gasteiger partial charge in [-0.05, 0) is 13.3 Å². The fourth-order valence-electron chi connectivity index (χ4n) is 0.551. The Morgan fingerprint density at radius 2 is 1.90 bits per heavy atom. The molecule has 0 rings (SSSR count). The lowest BCUT2D eigenvalue weighted by molar-refractivity contribution is -0.0720. The van der Waals surface area contributed by atoms with Crippen molar-refractivity contribution < 1.29 is 14.2 Å². The SMILES string of the molecule is COCCC(C)OCOC. The molecule has 0 N–H and O–H groups in total. The zero-order chi connectivity index (χ0) is 7.82. The molecule has 0 radical (unpaired) electrons. The van der Waals surface area contributed by atoms with Crippen LogP contribution in [0.5, 0.6) is 0 Å². The van der Waals surface area contributed by atoms with Crippen LogP contribution in [-0.4, -0.2) is 33.7 Å². The number of hydrogen-bond acceptors (Lipinski definition) is 3. The van der Waals surface area contributed by atoms with E-state index in [0.717, 1.165) is 13.0 Å². The highest BCUT2D eigenvalue weighted by Gasteiger charge is 1.99. The van der Waals surface area contributed by atoms with Crippen LogP contribution in [-0.2, 0) is 14.2 Å². The summed E-state index contributed by atoms with van der Waals surface area (Å²) in [5.41, 5.74) is 0. The van der Waals surface area contributed by atoms with Crippen LogP contribution in [0.3, 0.4) is 0 Å². The molecule has 0 heterocycles. The molecule has 0 aromatic carbocycles. The number of ether oxygens (including phenoxy) is 3. The molecule has 0 aliphatic rings. The van der Waals surface area contributed by atoms with Gasteiger partial charge >= 0.3 is 0 Å². The molecule has 0 aromatic rings. The first-order valence-electron chi connectivity index (χ1n) is 3.40. The zero-order valence-corrected chi connectivity index (χ0v) is 6.92. The van der Waals surface area contributed by atoms with E-state index in [1.54, 1.807) is 14.2 Å². The van der Waals surface area contributed by atoms with Crippen LogP contribution in [0.2, 0.25) is 0 Å². The summed E-state index contributed by atoms with van der Waals surface area (Å²) in [7, 11) is 3.30.